The van der Waals surface area contributed by atoms with Gasteiger partial charge in [0, 0.05) is 10.6 Å². The number of benzene rings is 1. The smallest absolute Gasteiger partial charge is 0.269 e. The van der Waals surface area contributed by atoms with Crippen LogP contribution in [0.2, 0.25) is 5.02 Å². The molecule has 1 aromatic carbocycles. The Balaban J connectivity index is 2.81. The van der Waals surface area contributed by atoms with Crippen molar-refractivity contribution < 1.29 is 4.74 Å². The Labute approximate surface area is 114 Å². The molecule has 0 aliphatic heterocycles. The number of aromatic amines is 1. The van der Waals surface area contributed by atoms with Crippen LogP contribution in [0.25, 0.3) is 11.1 Å². The van der Waals surface area contributed by atoms with Crippen LogP contribution in [-0.2, 0) is 0 Å². The molecule has 2 rings (SSSR count). The number of nitriles is 1. The summed E-state index contributed by atoms with van der Waals surface area (Å²) in [6.07, 6.45) is 0. The quantitative estimate of drug-likeness (QED) is 0.878. The van der Waals surface area contributed by atoms with Crippen molar-refractivity contribution in [1.29, 1.82) is 5.26 Å². The van der Waals surface area contributed by atoms with Crippen molar-refractivity contribution in [1.82, 2.24) is 4.98 Å². The van der Waals surface area contributed by atoms with Crippen LogP contribution in [0.1, 0.15) is 5.56 Å². The van der Waals surface area contributed by atoms with Crippen LogP contribution in [-0.4, -0.2) is 12.1 Å². The third-order valence-corrected chi connectivity index (χ3v) is 2.92. The van der Waals surface area contributed by atoms with Gasteiger partial charge in [-0.25, -0.2) is 0 Å². The van der Waals surface area contributed by atoms with Crippen LogP contribution in [0.3, 0.4) is 0 Å². The first-order valence-corrected chi connectivity index (χ1v) is 5.72. The predicted molar refractivity (Wildman–Crippen MR) is 73.2 cm³/mol. The minimum absolute atomic E-state index is 0.0550. The Morgan fingerprint density at radius 1 is 1.37 bits per heavy atom. The number of pyridine rings is 1. The first-order valence-electron chi connectivity index (χ1n) is 5.34. The summed E-state index contributed by atoms with van der Waals surface area (Å²) in [6, 6.07) is 8.55. The Bertz CT molecular complexity index is 714. The fourth-order valence-corrected chi connectivity index (χ4v) is 1.90. The van der Waals surface area contributed by atoms with E-state index in [4.69, 9.17) is 27.3 Å². The molecular weight excluding hydrogens is 266 g/mol. The molecule has 19 heavy (non-hydrogen) atoms. The Kier molecular flexibility index (Phi) is 3.45. The van der Waals surface area contributed by atoms with Gasteiger partial charge in [0.1, 0.15) is 17.3 Å². The van der Waals surface area contributed by atoms with Gasteiger partial charge in [-0.1, -0.05) is 23.7 Å². The van der Waals surface area contributed by atoms with Crippen molar-refractivity contribution in [3.8, 4) is 23.1 Å². The lowest BCUT2D eigenvalue weighted by Gasteiger charge is -2.11. The summed E-state index contributed by atoms with van der Waals surface area (Å²) in [4.78, 5) is 14.2. The van der Waals surface area contributed by atoms with E-state index < -0.39 is 5.56 Å². The van der Waals surface area contributed by atoms with Gasteiger partial charge in [-0.3, -0.25) is 9.78 Å². The van der Waals surface area contributed by atoms with Crippen LogP contribution >= 0.6 is 11.6 Å². The molecule has 1 aromatic heterocycles. The van der Waals surface area contributed by atoms with Crippen LogP contribution in [0.5, 0.6) is 5.88 Å². The lowest BCUT2D eigenvalue weighted by Crippen LogP contribution is -2.15. The molecule has 0 atom stereocenters. The van der Waals surface area contributed by atoms with E-state index >= 15 is 0 Å². The summed E-state index contributed by atoms with van der Waals surface area (Å²) in [5.74, 6) is 0.133. The van der Waals surface area contributed by atoms with Gasteiger partial charge in [-0.15, -0.1) is 0 Å². The largest absolute Gasteiger partial charge is 0.481 e. The molecule has 0 saturated heterocycles. The summed E-state index contributed by atoms with van der Waals surface area (Å²) < 4.78 is 5.00. The molecule has 0 amide bonds. The van der Waals surface area contributed by atoms with Gasteiger partial charge in [0.15, 0.2) is 0 Å². The molecule has 96 valence electrons. The fraction of sp³-hybridized carbons (Fsp3) is 0.0769. The number of methoxy groups -OCH3 is 1. The van der Waals surface area contributed by atoms with E-state index in [9.17, 15) is 4.79 Å². The molecule has 0 radical (unpaired) electrons. The molecule has 2 aromatic rings. The average molecular weight is 276 g/mol. The number of H-pyrrole nitrogens is 1. The molecule has 0 bridgehead atoms. The lowest BCUT2D eigenvalue weighted by molar-refractivity contribution is 0.399. The second kappa shape index (κ2) is 5.04. The summed E-state index contributed by atoms with van der Waals surface area (Å²) in [5, 5.41) is 9.66. The zero-order valence-corrected chi connectivity index (χ0v) is 10.8. The molecule has 3 N–H and O–H groups in total. The van der Waals surface area contributed by atoms with Crippen molar-refractivity contribution in [3.05, 3.63) is 45.2 Å². The van der Waals surface area contributed by atoms with Crippen molar-refractivity contribution in [2.24, 2.45) is 0 Å². The number of hydrogen-bond acceptors (Lipinski definition) is 4. The zero-order valence-electron chi connectivity index (χ0n) is 10.0. The number of nitrogens with two attached hydrogens (primary N) is 1. The molecule has 0 aliphatic rings. The number of nitrogens with zero attached hydrogens (tertiary/aromatic N) is 1. The average Bonchev–Trinajstić information content (AvgIpc) is 2.41. The number of aromatic nitrogens is 1. The van der Waals surface area contributed by atoms with Gasteiger partial charge in [0.05, 0.1) is 7.11 Å². The summed E-state index contributed by atoms with van der Waals surface area (Å²) in [7, 11) is 1.39. The van der Waals surface area contributed by atoms with Gasteiger partial charge < -0.3 is 10.5 Å². The van der Waals surface area contributed by atoms with E-state index in [1.54, 1.807) is 24.3 Å². The summed E-state index contributed by atoms with van der Waals surface area (Å²) in [5.41, 5.74) is 6.52. The van der Waals surface area contributed by atoms with Crippen molar-refractivity contribution in [2.75, 3.05) is 12.8 Å². The number of nitrogen functional groups attached to an aromatic ring is 1. The molecular formula is C13H10ClN3O2. The third kappa shape index (κ3) is 2.26. The first kappa shape index (κ1) is 13.0. The van der Waals surface area contributed by atoms with Crippen LogP contribution in [0.4, 0.5) is 5.69 Å². The van der Waals surface area contributed by atoms with Crippen LogP contribution in [0.15, 0.2) is 29.1 Å². The van der Waals surface area contributed by atoms with Crippen molar-refractivity contribution in [3.63, 3.8) is 0 Å². The number of ether oxygens (including phenoxy) is 1. The monoisotopic (exact) mass is 275 g/mol. The number of anilines is 1. The minimum atomic E-state index is -0.543. The predicted octanol–water partition coefficient (Wildman–Crippen LogP) is 2.16. The third-order valence-electron chi connectivity index (χ3n) is 2.67. The molecule has 0 saturated carbocycles. The second-order valence-electron chi connectivity index (χ2n) is 3.77. The Morgan fingerprint density at radius 3 is 2.53 bits per heavy atom. The Hall–Kier alpha value is -2.45. The molecule has 0 fully saturated rings. The molecule has 0 spiro atoms. The van der Waals surface area contributed by atoms with E-state index in [-0.39, 0.29) is 17.1 Å². The highest BCUT2D eigenvalue weighted by Crippen LogP contribution is 2.33. The summed E-state index contributed by atoms with van der Waals surface area (Å²) in [6.45, 7) is 0. The first-order chi connectivity index (χ1) is 9.08. The molecule has 0 unspecified atom stereocenters. The molecule has 5 nitrogen and oxygen atoms in total. The van der Waals surface area contributed by atoms with Gasteiger partial charge in [-0.05, 0) is 17.7 Å². The van der Waals surface area contributed by atoms with E-state index in [1.165, 1.54) is 7.11 Å². The minimum Gasteiger partial charge on any atom is -0.481 e. The van der Waals surface area contributed by atoms with E-state index in [0.717, 1.165) is 0 Å². The maximum absolute atomic E-state index is 11.8. The highest BCUT2D eigenvalue weighted by molar-refractivity contribution is 6.30. The maximum atomic E-state index is 11.8. The number of nitrogens with one attached hydrogen (secondary N) is 1. The lowest BCUT2D eigenvalue weighted by atomic mass is 10.0. The standard InChI is InChI=1S/C13H10ClN3O2/c1-19-13-11(16)10(9(6-15)12(18)17-13)7-2-4-8(14)5-3-7/h2-5H,16H2,1H3,(H,17,18). The Morgan fingerprint density at radius 2 is 2.00 bits per heavy atom. The van der Waals surface area contributed by atoms with E-state index in [1.807, 2.05) is 6.07 Å². The van der Waals surface area contributed by atoms with Gasteiger partial charge in [-0.2, -0.15) is 5.26 Å². The summed E-state index contributed by atoms with van der Waals surface area (Å²) >= 11 is 5.81. The fourth-order valence-electron chi connectivity index (χ4n) is 1.78. The normalized spacial score (nSPS) is 9.95. The highest BCUT2D eigenvalue weighted by Gasteiger charge is 2.17. The molecule has 6 heteroatoms. The maximum Gasteiger partial charge on any atom is 0.269 e. The van der Waals surface area contributed by atoms with Gasteiger partial charge >= 0.3 is 0 Å². The number of halogens is 1. The number of rotatable bonds is 2. The van der Waals surface area contributed by atoms with E-state index in [0.29, 0.717) is 16.1 Å². The van der Waals surface area contributed by atoms with Gasteiger partial charge in [0.25, 0.3) is 5.56 Å². The van der Waals surface area contributed by atoms with Crippen molar-refractivity contribution in [2.45, 2.75) is 0 Å². The molecule has 0 aliphatic carbocycles. The van der Waals surface area contributed by atoms with E-state index in [2.05, 4.69) is 4.98 Å². The SMILES string of the molecule is COc1[nH]c(=O)c(C#N)c(-c2ccc(Cl)cc2)c1N. The topological polar surface area (TPSA) is 91.9 Å². The zero-order chi connectivity index (χ0) is 14.0. The second-order valence-corrected chi connectivity index (χ2v) is 4.21. The van der Waals surface area contributed by atoms with Crippen LogP contribution < -0.4 is 16.0 Å². The number of hydrogen-bond donors (Lipinski definition) is 2. The van der Waals surface area contributed by atoms with Crippen LogP contribution in [0, 0.1) is 11.3 Å². The highest BCUT2D eigenvalue weighted by atomic mass is 35.5. The van der Waals surface area contributed by atoms with Crippen molar-refractivity contribution >= 4 is 17.3 Å². The van der Waals surface area contributed by atoms with Gasteiger partial charge in [0.2, 0.25) is 5.88 Å². The molecule has 1 heterocycles.